The first-order valence-electron chi connectivity index (χ1n) is 17.2. The van der Waals surface area contributed by atoms with Crippen LogP contribution in [0, 0.1) is 0 Å². The van der Waals surface area contributed by atoms with E-state index < -0.39 is 78.8 Å². The first kappa shape index (κ1) is 38.5. The van der Waals surface area contributed by atoms with E-state index in [9.17, 15) is 19.2 Å². The summed E-state index contributed by atoms with van der Waals surface area (Å²) in [5.74, 6) is -2.69. The van der Waals surface area contributed by atoms with Crippen LogP contribution in [0.2, 0.25) is 0 Å². The number of hydrogen-bond donors (Lipinski definition) is 4. The van der Waals surface area contributed by atoms with Crippen LogP contribution in [0.25, 0.3) is 0 Å². The number of carbonyl (C=O) groups excluding carboxylic acids is 4. The fourth-order valence-corrected chi connectivity index (χ4v) is 5.79. The van der Waals surface area contributed by atoms with Gasteiger partial charge in [-0.1, -0.05) is 91.0 Å². The van der Waals surface area contributed by atoms with E-state index in [2.05, 4.69) is 10.6 Å². The van der Waals surface area contributed by atoms with Gasteiger partial charge in [-0.3, -0.25) is 19.2 Å². The van der Waals surface area contributed by atoms with Gasteiger partial charge in [-0.25, -0.2) is 0 Å². The van der Waals surface area contributed by atoms with E-state index >= 15 is 0 Å². The van der Waals surface area contributed by atoms with Gasteiger partial charge in [0.2, 0.25) is 17.7 Å². The van der Waals surface area contributed by atoms with Crippen molar-refractivity contribution in [2.75, 3.05) is 6.61 Å². The van der Waals surface area contributed by atoms with E-state index in [4.69, 9.17) is 39.9 Å². The topological polar surface area (TPSA) is 200 Å². The summed E-state index contributed by atoms with van der Waals surface area (Å²) in [5, 5.41) is 5.11. The average molecular weight is 719 g/mol. The molecule has 2 saturated heterocycles. The Labute approximate surface area is 302 Å². The molecular weight excluding hydrogens is 672 g/mol. The third-order valence-electron chi connectivity index (χ3n) is 8.74. The van der Waals surface area contributed by atoms with E-state index in [0.29, 0.717) is 0 Å². The zero-order chi connectivity index (χ0) is 37.0. The Morgan fingerprint density at radius 1 is 0.827 bits per heavy atom. The Balaban J connectivity index is 1.17. The van der Waals surface area contributed by atoms with Gasteiger partial charge in [0.05, 0.1) is 19.3 Å². The number of nitrogens with one attached hydrogen (secondary N) is 2. The smallest absolute Gasteiger partial charge is 0.306 e. The molecule has 0 aliphatic carbocycles. The Kier molecular flexibility index (Phi) is 13.8. The van der Waals surface area contributed by atoms with Crippen LogP contribution >= 0.6 is 0 Å². The van der Waals surface area contributed by atoms with Crippen LogP contribution in [-0.2, 0) is 60.8 Å². The van der Waals surface area contributed by atoms with Gasteiger partial charge in [0, 0.05) is 12.0 Å². The molecule has 52 heavy (non-hydrogen) atoms. The van der Waals surface area contributed by atoms with Crippen LogP contribution < -0.4 is 22.1 Å². The van der Waals surface area contributed by atoms with Gasteiger partial charge >= 0.3 is 5.97 Å². The van der Waals surface area contributed by atoms with Crippen molar-refractivity contribution in [2.45, 2.75) is 95.0 Å². The van der Waals surface area contributed by atoms with E-state index in [1.165, 1.54) is 13.8 Å². The Morgan fingerprint density at radius 3 is 2.08 bits per heavy atom. The molecular formula is C38H46N4O10. The maximum Gasteiger partial charge on any atom is 0.306 e. The van der Waals surface area contributed by atoms with Crippen LogP contribution in [0.4, 0.5) is 0 Å². The van der Waals surface area contributed by atoms with Gasteiger partial charge in [0.1, 0.15) is 43.1 Å². The van der Waals surface area contributed by atoms with Crippen LogP contribution in [-0.4, -0.2) is 79.1 Å². The molecule has 2 fully saturated rings. The highest BCUT2D eigenvalue weighted by atomic mass is 16.8. The summed E-state index contributed by atoms with van der Waals surface area (Å²) in [6.45, 7) is 3.43. The molecule has 3 aromatic rings. The standard InChI is InChI=1S/C38H46N4O10/c1-23(35(45)42-28(34(40)44)18-19-30(43)47-20-25-12-6-3-7-13-25)41-36(46)24(2)50-33-31(39)38(48-21-26-14-8-4-9-15-26)51-29-22-49-37(52-32(29)33)27-16-10-5-11-17-27/h3-17,23-24,28-29,31-33,37-38H,18-22,39H2,1-2H3,(H2,40,44)(H,41,46)(H,42,45)/t23-,24+,28+,29+,31+,32+,33+,37+,38-/m0/s1. The quantitative estimate of drug-likeness (QED) is 0.158. The number of ether oxygens (including phenoxy) is 6. The lowest BCUT2D eigenvalue weighted by atomic mass is 9.95. The lowest BCUT2D eigenvalue weighted by molar-refractivity contribution is -0.349. The molecule has 0 bridgehead atoms. The SMILES string of the molecule is C[C@H](NC(=O)[C@@H](C)O[C@@H]1[C@@H](N)[C@@H](OCc2ccccc2)O[C@@H]2CO[C@@H](c3ccccc3)O[C@@H]12)C(=O)N[C@H](CCC(=O)OCc1ccccc1)C(N)=O. The van der Waals surface area contributed by atoms with Gasteiger partial charge in [-0.15, -0.1) is 0 Å². The van der Waals surface area contributed by atoms with Crippen molar-refractivity contribution >= 4 is 23.7 Å². The van der Waals surface area contributed by atoms with Crippen LogP contribution in [0.5, 0.6) is 0 Å². The minimum absolute atomic E-state index is 0.0751. The summed E-state index contributed by atoms with van der Waals surface area (Å²) in [6.07, 6.45) is -5.19. The molecule has 278 valence electrons. The maximum absolute atomic E-state index is 13.4. The zero-order valence-electron chi connectivity index (χ0n) is 29.1. The second-order valence-corrected chi connectivity index (χ2v) is 12.7. The second kappa shape index (κ2) is 18.7. The first-order chi connectivity index (χ1) is 25.1. The molecule has 0 saturated carbocycles. The third-order valence-corrected chi connectivity index (χ3v) is 8.74. The van der Waals surface area contributed by atoms with Crippen LogP contribution in [0.1, 0.15) is 49.7 Å². The van der Waals surface area contributed by atoms with Crippen molar-refractivity contribution in [3.05, 3.63) is 108 Å². The molecule has 0 radical (unpaired) electrons. The van der Waals surface area contributed by atoms with Crippen molar-refractivity contribution in [3.63, 3.8) is 0 Å². The van der Waals surface area contributed by atoms with Crippen molar-refractivity contribution in [2.24, 2.45) is 11.5 Å². The predicted molar refractivity (Wildman–Crippen MR) is 186 cm³/mol. The van der Waals surface area contributed by atoms with Crippen molar-refractivity contribution in [1.29, 1.82) is 0 Å². The van der Waals surface area contributed by atoms with E-state index in [0.717, 1.165) is 16.7 Å². The fraction of sp³-hybridized carbons (Fsp3) is 0.421. The summed E-state index contributed by atoms with van der Waals surface area (Å²) >= 11 is 0. The molecule has 2 aliphatic rings. The summed E-state index contributed by atoms with van der Waals surface area (Å²) in [5.41, 5.74) is 14.7. The fourth-order valence-electron chi connectivity index (χ4n) is 5.79. The summed E-state index contributed by atoms with van der Waals surface area (Å²) in [6, 6.07) is 24.9. The van der Waals surface area contributed by atoms with Crippen molar-refractivity contribution in [3.8, 4) is 0 Å². The molecule has 3 aromatic carbocycles. The summed E-state index contributed by atoms with van der Waals surface area (Å²) < 4.78 is 36.1. The number of benzene rings is 3. The number of hydrogen-bond acceptors (Lipinski definition) is 11. The zero-order valence-corrected chi connectivity index (χ0v) is 29.1. The monoisotopic (exact) mass is 718 g/mol. The number of amides is 3. The first-order valence-corrected chi connectivity index (χ1v) is 17.2. The second-order valence-electron chi connectivity index (χ2n) is 12.7. The normalized spacial score (nSPS) is 24.4. The van der Waals surface area contributed by atoms with E-state index in [-0.39, 0.29) is 32.7 Å². The number of rotatable bonds is 16. The summed E-state index contributed by atoms with van der Waals surface area (Å²) in [7, 11) is 0. The van der Waals surface area contributed by atoms with E-state index in [1.54, 1.807) is 0 Å². The molecule has 9 atom stereocenters. The van der Waals surface area contributed by atoms with Gasteiger partial charge < -0.3 is 50.5 Å². The molecule has 3 amide bonds. The van der Waals surface area contributed by atoms with Gasteiger partial charge in [-0.2, -0.15) is 0 Å². The van der Waals surface area contributed by atoms with Gasteiger partial charge in [0.25, 0.3) is 0 Å². The maximum atomic E-state index is 13.4. The highest BCUT2D eigenvalue weighted by molar-refractivity contribution is 5.92. The molecule has 2 aliphatic heterocycles. The molecule has 5 rings (SSSR count). The van der Waals surface area contributed by atoms with E-state index in [1.807, 2.05) is 91.0 Å². The average Bonchev–Trinajstić information content (AvgIpc) is 3.16. The molecule has 14 nitrogen and oxygen atoms in total. The Morgan fingerprint density at radius 2 is 1.44 bits per heavy atom. The van der Waals surface area contributed by atoms with Gasteiger partial charge in [0.15, 0.2) is 12.6 Å². The molecule has 0 unspecified atom stereocenters. The largest absolute Gasteiger partial charge is 0.461 e. The molecule has 2 heterocycles. The number of fused-ring (bicyclic) bond motifs is 1. The molecule has 6 N–H and O–H groups in total. The lowest BCUT2D eigenvalue weighted by Crippen LogP contribution is -2.66. The van der Waals surface area contributed by atoms with Crippen LogP contribution in [0.3, 0.4) is 0 Å². The predicted octanol–water partition coefficient (Wildman–Crippen LogP) is 2.14. The minimum atomic E-state index is -1.17. The third kappa shape index (κ3) is 10.7. The lowest BCUT2D eigenvalue weighted by Gasteiger charge is -2.48. The van der Waals surface area contributed by atoms with Crippen molar-refractivity contribution in [1.82, 2.24) is 10.6 Å². The van der Waals surface area contributed by atoms with Crippen LogP contribution in [0.15, 0.2) is 91.0 Å². The molecule has 0 spiro atoms. The summed E-state index contributed by atoms with van der Waals surface area (Å²) in [4.78, 5) is 50.8. The highest BCUT2D eigenvalue weighted by Gasteiger charge is 2.50. The number of carbonyl (C=O) groups is 4. The highest BCUT2D eigenvalue weighted by Crippen LogP contribution is 2.35. The molecule has 14 heteroatoms. The number of primary amides is 1. The van der Waals surface area contributed by atoms with Gasteiger partial charge in [-0.05, 0) is 31.4 Å². The number of esters is 1. The Bertz CT molecular complexity index is 1620. The Hall–Kier alpha value is -4.70. The van der Waals surface area contributed by atoms with Crippen molar-refractivity contribution < 1.29 is 47.6 Å². The molecule has 0 aromatic heterocycles. The number of nitrogens with two attached hydrogens (primary N) is 2. The minimum Gasteiger partial charge on any atom is -0.461 e.